The number of urea groups is 1. The van der Waals surface area contributed by atoms with Gasteiger partial charge in [-0.25, -0.2) is 14.2 Å². The summed E-state index contributed by atoms with van der Waals surface area (Å²) in [5.74, 6) is -0.903. The van der Waals surface area contributed by atoms with Gasteiger partial charge in [-0.1, -0.05) is 43.3 Å². The van der Waals surface area contributed by atoms with E-state index in [1.807, 2.05) is 38.1 Å². The van der Waals surface area contributed by atoms with Gasteiger partial charge in [0.25, 0.3) is 5.91 Å². The molecule has 3 rings (SSSR count). The van der Waals surface area contributed by atoms with Crippen molar-refractivity contribution < 1.29 is 14.0 Å². The van der Waals surface area contributed by atoms with Crippen molar-refractivity contribution in [1.29, 1.82) is 0 Å². The summed E-state index contributed by atoms with van der Waals surface area (Å²) in [5, 5.41) is 11.2. The van der Waals surface area contributed by atoms with Crippen LogP contribution in [0.15, 0.2) is 53.6 Å². The molecule has 29 heavy (non-hydrogen) atoms. The molecule has 1 aliphatic rings. The summed E-state index contributed by atoms with van der Waals surface area (Å²) in [6.45, 7) is 4.70. The number of hydrogen-bond acceptors (Lipinski definition) is 3. The fourth-order valence-corrected chi connectivity index (χ4v) is 3.32. The van der Waals surface area contributed by atoms with E-state index in [2.05, 4.69) is 15.7 Å². The summed E-state index contributed by atoms with van der Waals surface area (Å²) >= 11 is 0. The van der Waals surface area contributed by atoms with Gasteiger partial charge in [0, 0.05) is 6.54 Å². The van der Waals surface area contributed by atoms with Crippen LogP contribution in [0.4, 0.5) is 14.9 Å². The summed E-state index contributed by atoms with van der Waals surface area (Å²) in [6.07, 6.45) is 1.11. The van der Waals surface area contributed by atoms with E-state index in [0.717, 1.165) is 16.8 Å². The van der Waals surface area contributed by atoms with Gasteiger partial charge in [-0.2, -0.15) is 5.10 Å². The van der Waals surface area contributed by atoms with Gasteiger partial charge in [0.2, 0.25) is 0 Å². The van der Waals surface area contributed by atoms with Crippen molar-refractivity contribution in [3.63, 3.8) is 0 Å². The Labute approximate surface area is 169 Å². The summed E-state index contributed by atoms with van der Waals surface area (Å²) in [6, 6.07) is 13.4. The predicted molar refractivity (Wildman–Crippen MR) is 111 cm³/mol. The molecule has 6 nitrogen and oxygen atoms in total. The van der Waals surface area contributed by atoms with Gasteiger partial charge in [-0.15, -0.1) is 0 Å². The number of rotatable bonds is 7. The average Bonchev–Trinajstić information content (AvgIpc) is 3.00. The topological polar surface area (TPSA) is 73.8 Å². The van der Waals surface area contributed by atoms with Gasteiger partial charge in [0.1, 0.15) is 5.82 Å². The first-order valence-electron chi connectivity index (χ1n) is 9.72. The first-order valence-corrected chi connectivity index (χ1v) is 9.72. The molecule has 0 unspecified atom stereocenters. The van der Waals surface area contributed by atoms with Crippen LogP contribution < -0.4 is 10.6 Å². The van der Waals surface area contributed by atoms with Crippen LogP contribution in [0.5, 0.6) is 0 Å². The first-order chi connectivity index (χ1) is 14.0. The van der Waals surface area contributed by atoms with Crippen LogP contribution in [0.3, 0.4) is 0 Å². The van der Waals surface area contributed by atoms with Crippen LogP contribution in [0.1, 0.15) is 30.9 Å². The molecule has 7 heteroatoms. The molecule has 0 aromatic heterocycles. The summed E-state index contributed by atoms with van der Waals surface area (Å²) in [5.41, 5.74) is 3.11. The number of hydrogen-bond donors (Lipinski definition) is 2. The zero-order chi connectivity index (χ0) is 20.8. The van der Waals surface area contributed by atoms with Crippen molar-refractivity contribution in [1.82, 2.24) is 10.3 Å². The van der Waals surface area contributed by atoms with Crippen LogP contribution in [-0.4, -0.2) is 29.2 Å². The van der Waals surface area contributed by atoms with Crippen molar-refractivity contribution in [3.05, 3.63) is 65.5 Å². The van der Waals surface area contributed by atoms with Crippen molar-refractivity contribution in [2.24, 2.45) is 11.0 Å². The highest BCUT2D eigenvalue weighted by Gasteiger charge is 2.34. The first kappa shape index (κ1) is 20.5. The smallest absolute Gasteiger partial charge is 0.319 e. The number of carbonyl (C=O) groups is 2. The second-order valence-corrected chi connectivity index (χ2v) is 6.97. The Kier molecular flexibility index (Phi) is 6.59. The maximum absolute atomic E-state index is 13.6. The fourth-order valence-electron chi connectivity index (χ4n) is 3.32. The van der Waals surface area contributed by atoms with Gasteiger partial charge < -0.3 is 10.6 Å². The van der Waals surface area contributed by atoms with Crippen LogP contribution in [-0.2, 0) is 11.3 Å². The minimum absolute atomic E-state index is 0.0542. The molecule has 0 saturated carbocycles. The van der Waals surface area contributed by atoms with Crippen LogP contribution >= 0.6 is 0 Å². The molecule has 2 aromatic carbocycles. The van der Waals surface area contributed by atoms with Crippen LogP contribution in [0, 0.1) is 18.7 Å². The summed E-state index contributed by atoms with van der Waals surface area (Å²) < 4.78 is 13.6. The highest BCUT2D eigenvalue weighted by atomic mass is 19.1. The summed E-state index contributed by atoms with van der Waals surface area (Å²) in [7, 11) is 0. The predicted octanol–water partition coefficient (Wildman–Crippen LogP) is 4.07. The highest BCUT2D eigenvalue weighted by Crippen LogP contribution is 2.23. The Bertz CT molecular complexity index is 929. The van der Waals surface area contributed by atoms with E-state index < -0.39 is 11.8 Å². The summed E-state index contributed by atoms with van der Waals surface area (Å²) in [4.78, 5) is 24.8. The Morgan fingerprint density at radius 2 is 1.90 bits per heavy atom. The standard InChI is InChI=1S/C22H25FN4O2/c1-3-19-17(12-13-24-22(29)25-20-11-7-6-10-18(20)23)21(28)27(26-19)14-16-9-5-4-8-15(16)2/h4-11,17H,3,12-14H2,1-2H3,(H2,24,25,29)/t17-/m1/s1. The number of para-hydroxylation sites is 1. The zero-order valence-corrected chi connectivity index (χ0v) is 16.6. The third kappa shape index (κ3) is 4.99. The largest absolute Gasteiger partial charge is 0.338 e. The maximum atomic E-state index is 13.6. The molecule has 0 saturated heterocycles. The molecule has 2 N–H and O–H groups in total. The molecule has 0 aliphatic carbocycles. The molecule has 0 fully saturated rings. The minimum atomic E-state index is -0.507. The molecule has 1 heterocycles. The lowest BCUT2D eigenvalue weighted by Crippen LogP contribution is -2.34. The molecule has 0 bridgehead atoms. The number of halogens is 1. The number of benzene rings is 2. The number of amides is 3. The quantitative estimate of drug-likeness (QED) is 0.740. The van der Waals surface area contributed by atoms with E-state index in [0.29, 0.717) is 19.4 Å². The van der Waals surface area contributed by atoms with E-state index in [1.165, 1.54) is 17.1 Å². The van der Waals surface area contributed by atoms with E-state index >= 15 is 0 Å². The Morgan fingerprint density at radius 1 is 1.17 bits per heavy atom. The van der Waals surface area contributed by atoms with Gasteiger partial charge in [-0.05, 0) is 43.0 Å². The lowest BCUT2D eigenvalue weighted by molar-refractivity contribution is -0.132. The van der Waals surface area contributed by atoms with Crippen molar-refractivity contribution in [2.45, 2.75) is 33.2 Å². The molecule has 1 atom stereocenters. The van der Waals surface area contributed by atoms with Gasteiger partial charge >= 0.3 is 6.03 Å². The lowest BCUT2D eigenvalue weighted by Gasteiger charge is -2.16. The molecular weight excluding hydrogens is 371 g/mol. The monoisotopic (exact) mass is 396 g/mol. The normalized spacial score (nSPS) is 16.0. The minimum Gasteiger partial charge on any atom is -0.338 e. The van der Waals surface area contributed by atoms with Crippen molar-refractivity contribution in [3.8, 4) is 0 Å². The SMILES string of the molecule is CCC1=NN(Cc2ccccc2C)C(=O)[C@@H]1CCNC(=O)Nc1ccccc1F. The highest BCUT2D eigenvalue weighted by molar-refractivity contribution is 6.07. The Morgan fingerprint density at radius 3 is 2.62 bits per heavy atom. The molecule has 1 aliphatic heterocycles. The Balaban J connectivity index is 1.54. The fraction of sp³-hybridized carbons (Fsp3) is 0.318. The second kappa shape index (κ2) is 9.32. The van der Waals surface area contributed by atoms with E-state index in [1.54, 1.807) is 12.1 Å². The van der Waals surface area contributed by atoms with E-state index in [-0.39, 0.29) is 24.1 Å². The third-order valence-corrected chi connectivity index (χ3v) is 4.99. The molecule has 152 valence electrons. The molecule has 3 amide bonds. The molecule has 2 aromatic rings. The van der Waals surface area contributed by atoms with Crippen molar-refractivity contribution >= 4 is 23.3 Å². The number of nitrogens with zero attached hydrogens (tertiary/aromatic N) is 2. The van der Waals surface area contributed by atoms with Gasteiger partial charge in [0.15, 0.2) is 0 Å². The number of hydrazone groups is 1. The number of aryl methyl sites for hydroxylation is 1. The second-order valence-electron chi connectivity index (χ2n) is 6.97. The van der Waals surface area contributed by atoms with Crippen molar-refractivity contribution in [2.75, 3.05) is 11.9 Å². The van der Waals surface area contributed by atoms with E-state index in [4.69, 9.17) is 0 Å². The number of nitrogens with one attached hydrogen (secondary N) is 2. The molecule has 0 radical (unpaired) electrons. The van der Waals surface area contributed by atoms with Crippen LogP contribution in [0.25, 0.3) is 0 Å². The Hall–Kier alpha value is -3.22. The average molecular weight is 396 g/mol. The lowest BCUT2D eigenvalue weighted by atomic mass is 9.97. The molecular formula is C22H25FN4O2. The molecule has 0 spiro atoms. The number of carbonyl (C=O) groups excluding carboxylic acids is 2. The van der Waals surface area contributed by atoms with Gasteiger partial charge in [0.05, 0.1) is 23.9 Å². The zero-order valence-electron chi connectivity index (χ0n) is 16.6. The number of anilines is 1. The van der Waals surface area contributed by atoms with Crippen LogP contribution in [0.2, 0.25) is 0 Å². The third-order valence-electron chi connectivity index (χ3n) is 4.99. The van der Waals surface area contributed by atoms with E-state index in [9.17, 15) is 14.0 Å². The maximum Gasteiger partial charge on any atom is 0.319 e. The van der Waals surface area contributed by atoms with Gasteiger partial charge in [-0.3, -0.25) is 4.79 Å².